The average Bonchev–Trinajstić information content (AvgIpc) is 3.21. The number of hydrogen-bond acceptors (Lipinski definition) is 12. The number of rotatable bonds is 8. The zero-order valence-electron chi connectivity index (χ0n) is 15.8. The number of ether oxygens (including phenoxy) is 1. The number of nitrogens with zero attached hydrogens (tertiary/aromatic N) is 4. The lowest BCUT2D eigenvalue weighted by Crippen LogP contribution is -2.33. The largest absolute Gasteiger partial charge is 0.479 e. The van der Waals surface area contributed by atoms with Gasteiger partial charge in [0.25, 0.3) is 0 Å². The number of alkyl halides is 2. The van der Waals surface area contributed by atoms with Crippen LogP contribution in [0.25, 0.3) is 11.2 Å². The van der Waals surface area contributed by atoms with E-state index in [1.54, 1.807) is 0 Å². The second-order valence-corrected chi connectivity index (χ2v) is 14.6. The summed E-state index contributed by atoms with van der Waals surface area (Å²) in [4.78, 5) is 48.9. The van der Waals surface area contributed by atoms with Crippen molar-refractivity contribution in [3.63, 3.8) is 0 Å². The molecule has 6 atom stereocenters. The summed E-state index contributed by atoms with van der Waals surface area (Å²) < 4.78 is 46.4. The zero-order chi connectivity index (χ0) is 25.0. The van der Waals surface area contributed by atoms with Gasteiger partial charge in [-0.15, -0.1) is 0 Å². The Bertz CT molecular complexity index is 1190. The number of imidazole rings is 1. The first-order valence-electron chi connectivity index (χ1n) is 8.38. The first kappa shape index (κ1) is 26.9. The highest BCUT2D eigenvalue weighted by Gasteiger charge is 2.62. The Labute approximate surface area is 193 Å². The standard InChI is InChI=1S/C11H16Cl2N5O12P3/c12-11(13,31(21,22)23)32(24,25)30-33(26,27)28-1-4-6(19)7(20)10(29-4)18-3-17-5-8(14)15-2-16-9(5)18/h2-4,6-7,10,19-20H,1H2,(H,24,25)(H,26,27)(H2,14,15,16)(H2,21,22,23)/t4-,6-,7-,10-/m1/s1. The van der Waals surface area contributed by atoms with Gasteiger partial charge in [0.05, 0.1) is 12.9 Å². The van der Waals surface area contributed by atoms with E-state index >= 15 is 0 Å². The lowest BCUT2D eigenvalue weighted by molar-refractivity contribution is -0.0501. The molecule has 17 nitrogen and oxygen atoms in total. The molecule has 22 heteroatoms. The Kier molecular flexibility index (Phi) is 7.36. The number of aliphatic hydroxyl groups excluding tert-OH is 2. The molecular formula is C11H16Cl2N5O12P3. The number of anilines is 1. The van der Waals surface area contributed by atoms with Gasteiger partial charge < -0.3 is 40.3 Å². The van der Waals surface area contributed by atoms with Crippen LogP contribution in [0.4, 0.5) is 5.82 Å². The van der Waals surface area contributed by atoms with Crippen molar-refractivity contribution < 1.29 is 57.1 Å². The zero-order valence-corrected chi connectivity index (χ0v) is 20.0. The summed E-state index contributed by atoms with van der Waals surface area (Å²) in [6, 6.07) is 0. The number of fused-ring (bicyclic) bond motifs is 1. The van der Waals surface area contributed by atoms with Crippen molar-refractivity contribution >= 4 is 63.2 Å². The van der Waals surface area contributed by atoms with E-state index in [1.165, 1.54) is 10.9 Å². The monoisotopic (exact) mass is 573 g/mol. The van der Waals surface area contributed by atoms with E-state index in [4.69, 9.17) is 43.5 Å². The third-order valence-electron chi connectivity index (χ3n) is 4.30. The summed E-state index contributed by atoms with van der Waals surface area (Å²) in [5.74, 6) is 0.0310. The molecule has 2 unspecified atom stereocenters. The Morgan fingerprint density at radius 2 is 1.76 bits per heavy atom. The maximum absolute atomic E-state index is 12.0. The van der Waals surface area contributed by atoms with Crippen LogP contribution in [-0.2, 0) is 27.3 Å². The molecule has 33 heavy (non-hydrogen) atoms. The third-order valence-corrected chi connectivity index (χ3v) is 12.0. The van der Waals surface area contributed by atoms with Gasteiger partial charge >= 0.3 is 26.8 Å². The van der Waals surface area contributed by atoms with Gasteiger partial charge in [0.1, 0.15) is 30.2 Å². The van der Waals surface area contributed by atoms with Gasteiger partial charge in [-0.2, -0.15) is 0 Å². The average molecular weight is 574 g/mol. The summed E-state index contributed by atoms with van der Waals surface area (Å²) in [5.41, 5.74) is 5.98. The van der Waals surface area contributed by atoms with E-state index in [2.05, 4.69) is 23.8 Å². The first-order chi connectivity index (χ1) is 15.0. The molecule has 1 saturated heterocycles. The van der Waals surface area contributed by atoms with Gasteiger partial charge in [-0.05, 0) is 0 Å². The van der Waals surface area contributed by atoms with Gasteiger partial charge in [0.2, 0.25) is 0 Å². The molecule has 1 aliphatic rings. The Morgan fingerprint density at radius 1 is 1.12 bits per heavy atom. The van der Waals surface area contributed by atoms with Crippen LogP contribution < -0.4 is 5.73 Å². The van der Waals surface area contributed by atoms with E-state index in [0.717, 1.165) is 6.33 Å². The van der Waals surface area contributed by atoms with Crippen LogP contribution in [0.2, 0.25) is 0 Å². The minimum absolute atomic E-state index is 0.0310. The summed E-state index contributed by atoms with van der Waals surface area (Å²) in [5, 5.41) is 20.5. The number of nitrogens with two attached hydrogens (primary N) is 1. The van der Waals surface area contributed by atoms with Crippen molar-refractivity contribution in [3.05, 3.63) is 12.7 Å². The number of aromatic nitrogens is 4. The normalized spacial score (nSPS) is 28.0. The van der Waals surface area contributed by atoms with Gasteiger partial charge in [-0.1, -0.05) is 23.2 Å². The second kappa shape index (κ2) is 9.04. The van der Waals surface area contributed by atoms with Crippen molar-refractivity contribution in [2.45, 2.75) is 28.4 Å². The van der Waals surface area contributed by atoms with E-state index in [9.17, 15) is 33.7 Å². The molecule has 2 aromatic rings. The molecule has 3 heterocycles. The molecule has 0 radical (unpaired) electrons. The molecule has 1 aliphatic heterocycles. The molecule has 186 valence electrons. The predicted octanol–water partition coefficient (Wildman–Crippen LogP) is -0.387. The summed E-state index contributed by atoms with van der Waals surface area (Å²) in [7, 11) is -17.1. The minimum atomic E-state index is -5.87. The molecule has 0 aliphatic carbocycles. The SMILES string of the molecule is Nc1ncnc2c1ncn2[C@@H]1O[C@H](COP(=O)(O)OP(=O)(O)C(Cl)(Cl)P(=O)(O)O)[C@@H](O)[C@H]1O. The second-order valence-electron chi connectivity index (χ2n) is 6.55. The third kappa shape index (κ3) is 5.13. The maximum Gasteiger partial charge on any atom is 0.479 e. The van der Waals surface area contributed by atoms with E-state index < -0.39 is 58.0 Å². The van der Waals surface area contributed by atoms with Crippen molar-refractivity contribution in [3.8, 4) is 0 Å². The Morgan fingerprint density at radius 3 is 2.36 bits per heavy atom. The maximum atomic E-state index is 12.0. The van der Waals surface area contributed by atoms with E-state index in [-0.39, 0.29) is 17.0 Å². The lowest BCUT2D eigenvalue weighted by atomic mass is 10.1. The molecule has 3 rings (SSSR count). The molecule has 0 spiro atoms. The van der Waals surface area contributed by atoms with E-state index in [1.807, 2.05) is 0 Å². The molecule has 2 aromatic heterocycles. The van der Waals surface area contributed by atoms with Crippen LogP contribution in [0.15, 0.2) is 12.7 Å². The Hall–Kier alpha value is -0.740. The highest BCUT2D eigenvalue weighted by atomic mass is 35.5. The van der Waals surface area contributed by atoms with Crippen LogP contribution in [0.5, 0.6) is 0 Å². The van der Waals surface area contributed by atoms with E-state index in [0.29, 0.717) is 0 Å². The first-order valence-corrected chi connectivity index (χ1v) is 13.8. The molecule has 0 amide bonds. The number of nitrogen functional groups attached to an aromatic ring is 1. The number of phosphoric acid groups is 1. The molecular weight excluding hydrogens is 558 g/mol. The molecule has 8 N–H and O–H groups in total. The van der Waals surface area contributed by atoms with Gasteiger partial charge in [0, 0.05) is 0 Å². The van der Waals surface area contributed by atoms with Crippen LogP contribution in [0.1, 0.15) is 6.23 Å². The Balaban J connectivity index is 1.72. The fraction of sp³-hybridized carbons (Fsp3) is 0.545. The van der Waals surface area contributed by atoms with Crippen molar-refractivity contribution in [1.29, 1.82) is 0 Å². The number of halogens is 2. The van der Waals surface area contributed by atoms with Crippen LogP contribution in [0, 0.1) is 0 Å². The van der Waals surface area contributed by atoms with Crippen LogP contribution >= 0.6 is 46.2 Å². The number of phosphoric ester groups is 1. The highest BCUT2D eigenvalue weighted by molar-refractivity contribution is 7.81. The topological polar surface area (TPSA) is 270 Å². The summed E-state index contributed by atoms with van der Waals surface area (Å²) >= 11 is 10.3. The van der Waals surface area contributed by atoms with Crippen LogP contribution in [0.3, 0.4) is 0 Å². The van der Waals surface area contributed by atoms with Crippen molar-refractivity contribution in [2.75, 3.05) is 12.3 Å². The molecule has 1 fully saturated rings. The quantitative estimate of drug-likeness (QED) is 0.156. The van der Waals surface area contributed by atoms with Crippen molar-refractivity contribution in [1.82, 2.24) is 19.5 Å². The van der Waals surface area contributed by atoms with Crippen LogP contribution in [-0.4, -0.2) is 78.0 Å². The molecule has 0 bridgehead atoms. The van der Waals surface area contributed by atoms with Gasteiger partial charge in [-0.3, -0.25) is 18.2 Å². The fourth-order valence-electron chi connectivity index (χ4n) is 2.70. The number of aliphatic hydroxyl groups is 2. The summed E-state index contributed by atoms with van der Waals surface area (Å²) in [6.07, 6.45) is -3.84. The number of hydrogen-bond donors (Lipinski definition) is 7. The van der Waals surface area contributed by atoms with Gasteiger partial charge in [0.15, 0.2) is 17.7 Å². The van der Waals surface area contributed by atoms with Gasteiger partial charge in [-0.25, -0.2) is 23.8 Å². The summed E-state index contributed by atoms with van der Waals surface area (Å²) in [6.45, 7) is -1.00. The predicted molar refractivity (Wildman–Crippen MR) is 109 cm³/mol. The molecule has 0 saturated carbocycles. The highest BCUT2D eigenvalue weighted by Crippen LogP contribution is 2.79. The fourth-order valence-corrected chi connectivity index (χ4v) is 6.93. The smallest absolute Gasteiger partial charge is 0.387 e. The molecule has 0 aromatic carbocycles. The lowest BCUT2D eigenvalue weighted by Gasteiger charge is -2.26. The minimum Gasteiger partial charge on any atom is -0.387 e. The van der Waals surface area contributed by atoms with Crippen molar-refractivity contribution in [2.24, 2.45) is 0 Å².